The first-order valence-corrected chi connectivity index (χ1v) is 9.80. The number of carbonyl (C=O) groups is 1. The van der Waals surface area contributed by atoms with Crippen LogP contribution in [-0.2, 0) is 9.47 Å². The zero-order chi connectivity index (χ0) is 18.0. The molecule has 5 nitrogen and oxygen atoms in total. The molecule has 4 rings (SSSR count). The Morgan fingerprint density at radius 1 is 1.19 bits per heavy atom. The van der Waals surface area contributed by atoms with E-state index < -0.39 is 0 Å². The molecule has 1 unspecified atom stereocenters. The SMILES string of the molecule is COc1ccc(C(=O)N2CCC3(CC2)COC(COCC2CC2)C3)cc1. The first-order valence-electron chi connectivity index (χ1n) is 9.80. The number of benzene rings is 1. The van der Waals surface area contributed by atoms with Gasteiger partial charge in [-0.2, -0.15) is 0 Å². The number of rotatable bonds is 6. The number of nitrogens with zero attached hydrogens (tertiary/aromatic N) is 1. The standard InChI is InChI=1S/C21H29NO4/c1-24-18-6-4-17(5-7-18)20(23)22-10-8-21(9-11-22)12-19(26-15-21)14-25-13-16-2-3-16/h4-7,16,19H,2-3,8-15H2,1H3. The van der Waals surface area contributed by atoms with Crippen molar-refractivity contribution in [1.82, 2.24) is 4.90 Å². The Labute approximate surface area is 155 Å². The third-order valence-corrected chi connectivity index (χ3v) is 6.09. The van der Waals surface area contributed by atoms with Crippen LogP contribution >= 0.6 is 0 Å². The molecule has 3 aliphatic rings. The van der Waals surface area contributed by atoms with Gasteiger partial charge >= 0.3 is 0 Å². The summed E-state index contributed by atoms with van der Waals surface area (Å²) in [5, 5.41) is 0. The Morgan fingerprint density at radius 3 is 2.58 bits per heavy atom. The Morgan fingerprint density at radius 2 is 1.92 bits per heavy atom. The van der Waals surface area contributed by atoms with E-state index >= 15 is 0 Å². The summed E-state index contributed by atoms with van der Waals surface area (Å²) >= 11 is 0. The molecule has 1 amide bonds. The quantitative estimate of drug-likeness (QED) is 0.783. The molecule has 26 heavy (non-hydrogen) atoms. The summed E-state index contributed by atoms with van der Waals surface area (Å²) in [6.07, 6.45) is 6.00. The molecule has 1 aromatic rings. The maximum Gasteiger partial charge on any atom is 0.253 e. The van der Waals surface area contributed by atoms with Crippen LogP contribution in [0, 0.1) is 11.3 Å². The van der Waals surface area contributed by atoms with Crippen LogP contribution in [0.5, 0.6) is 5.75 Å². The lowest BCUT2D eigenvalue weighted by atomic mass is 9.76. The van der Waals surface area contributed by atoms with E-state index in [1.807, 2.05) is 29.2 Å². The number of piperidine rings is 1. The minimum absolute atomic E-state index is 0.116. The maximum absolute atomic E-state index is 12.7. The summed E-state index contributed by atoms with van der Waals surface area (Å²) in [5.74, 6) is 1.69. The number of hydrogen-bond acceptors (Lipinski definition) is 4. The lowest BCUT2D eigenvalue weighted by Gasteiger charge is -2.38. The molecule has 3 fully saturated rings. The van der Waals surface area contributed by atoms with E-state index in [0.717, 1.165) is 69.4 Å². The van der Waals surface area contributed by atoms with Crippen molar-refractivity contribution in [3.8, 4) is 5.75 Å². The molecule has 1 aromatic carbocycles. The Hall–Kier alpha value is -1.59. The summed E-state index contributed by atoms with van der Waals surface area (Å²) in [6, 6.07) is 7.38. The lowest BCUT2D eigenvalue weighted by Crippen LogP contribution is -2.43. The molecule has 0 radical (unpaired) electrons. The number of amides is 1. The van der Waals surface area contributed by atoms with Crippen molar-refractivity contribution in [2.45, 2.75) is 38.2 Å². The van der Waals surface area contributed by atoms with Crippen molar-refractivity contribution in [2.24, 2.45) is 11.3 Å². The molecule has 2 heterocycles. The van der Waals surface area contributed by atoms with Crippen LogP contribution in [0.4, 0.5) is 0 Å². The summed E-state index contributed by atoms with van der Waals surface area (Å²) in [6.45, 7) is 4.06. The van der Waals surface area contributed by atoms with Gasteiger partial charge in [0.05, 0.1) is 26.4 Å². The summed E-state index contributed by atoms with van der Waals surface area (Å²) in [4.78, 5) is 14.7. The van der Waals surface area contributed by atoms with Gasteiger partial charge in [-0.15, -0.1) is 0 Å². The molecule has 1 spiro atoms. The average molecular weight is 359 g/mol. The zero-order valence-corrected chi connectivity index (χ0v) is 15.6. The van der Waals surface area contributed by atoms with Crippen LogP contribution in [0.2, 0.25) is 0 Å². The van der Waals surface area contributed by atoms with Crippen LogP contribution in [0.25, 0.3) is 0 Å². The van der Waals surface area contributed by atoms with Gasteiger partial charge in [-0.3, -0.25) is 4.79 Å². The monoisotopic (exact) mass is 359 g/mol. The van der Waals surface area contributed by atoms with Crippen LogP contribution in [0.3, 0.4) is 0 Å². The zero-order valence-electron chi connectivity index (χ0n) is 15.6. The molecule has 0 bridgehead atoms. The molecule has 1 saturated carbocycles. The predicted octanol–water partition coefficient (Wildman–Crippen LogP) is 3.13. The van der Waals surface area contributed by atoms with Crippen molar-refractivity contribution in [3.05, 3.63) is 29.8 Å². The smallest absolute Gasteiger partial charge is 0.253 e. The Kier molecular flexibility index (Phi) is 5.18. The minimum atomic E-state index is 0.116. The van der Waals surface area contributed by atoms with Gasteiger partial charge in [-0.1, -0.05) is 0 Å². The van der Waals surface area contributed by atoms with Crippen molar-refractivity contribution in [1.29, 1.82) is 0 Å². The van der Waals surface area contributed by atoms with Gasteiger partial charge in [0.2, 0.25) is 0 Å². The number of ether oxygens (including phenoxy) is 3. The largest absolute Gasteiger partial charge is 0.497 e. The highest BCUT2D eigenvalue weighted by atomic mass is 16.5. The number of methoxy groups -OCH3 is 1. The third kappa shape index (κ3) is 4.04. The molecular formula is C21H29NO4. The lowest BCUT2D eigenvalue weighted by molar-refractivity contribution is 0.00938. The van der Waals surface area contributed by atoms with Crippen LogP contribution in [-0.4, -0.2) is 56.9 Å². The van der Waals surface area contributed by atoms with E-state index in [2.05, 4.69) is 0 Å². The average Bonchev–Trinajstić information content (AvgIpc) is 3.43. The van der Waals surface area contributed by atoms with E-state index in [4.69, 9.17) is 14.2 Å². The topological polar surface area (TPSA) is 48.0 Å². The Balaban J connectivity index is 1.26. The van der Waals surface area contributed by atoms with E-state index in [9.17, 15) is 4.79 Å². The van der Waals surface area contributed by atoms with Gasteiger partial charge in [0.25, 0.3) is 5.91 Å². The van der Waals surface area contributed by atoms with Gasteiger partial charge in [0.15, 0.2) is 0 Å². The molecule has 2 saturated heterocycles. The highest BCUT2D eigenvalue weighted by Gasteiger charge is 2.43. The maximum atomic E-state index is 12.7. The number of carbonyl (C=O) groups excluding carboxylic acids is 1. The molecular weight excluding hydrogens is 330 g/mol. The first kappa shape index (κ1) is 17.8. The van der Waals surface area contributed by atoms with Crippen LogP contribution < -0.4 is 4.74 Å². The molecule has 0 aromatic heterocycles. The second-order valence-corrected chi connectivity index (χ2v) is 8.14. The molecule has 1 aliphatic carbocycles. The highest BCUT2D eigenvalue weighted by Crippen LogP contribution is 2.42. The van der Waals surface area contributed by atoms with Gasteiger partial charge in [0, 0.05) is 25.3 Å². The minimum Gasteiger partial charge on any atom is -0.497 e. The molecule has 0 N–H and O–H groups in total. The van der Waals surface area contributed by atoms with Crippen molar-refractivity contribution < 1.29 is 19.0 Å². The van der Waals surface area contributed by atoms with Gasteiger partial charge in [-0.05, 0) is 67.7 Å². The normalized spacial score (nSPS) is 24.8. The molecule has 142 valence electrons. The van der Waals surface area contributed by atoms with Crippen molar-refractivity contribution in [2.75, 3.05) is 40.0 Å². The van der Waals surface area contributed by atoms with Crippen molar-refractivity contribution >= 4 is 5.91 Å². The highest BCUT2D eigenvalue weighted by molar-refractivity contribution is 5.94. The summed E-state index contributed by atoms with van der Waals surface area (Å²) in [5.41, 5.74) is 0.973. The fraction of sp³-hybridized carbons (Fsp3) is 0.667. The van der Waals surface area contributed by atoms with Gasteiger partial charge < -0.3 is 19.1 Å². The first-order chi connectivity index (χ1) is 12.7. The molecule has 1 atom stereocenters. The second kappa shape index (κ2) is 7.57. The van der Waals surface area contributed by atoms with Crippen LogP contribution in [0.1, 0.15) is 42.5 Å². The second-order valence-electron chi connectivity index (χ2n) is 8.14. The third-order valence-electron chi connectivity index (χ3n) is 6.09. The van der Waals surface area contributed by atoms with E-state index in [1.165, 1.54) is 12.8 Å². The van der Waals surface area contributed by atoms with E-state index in [1.54, 1.807) is 7.11 Å². The van der Waals surface area contributed by atoms with Gasteiger partial charge in [-0.25, -0.2) is 0 Å². The Bertz CT molecular complexity index is 617. The predicted molar refractivity (Wildman–Crippen MR) is 98.5 cm³/mol. The van der Waals surface area contributed by atoms with Crippen LogP contribution in [0.15, 0.2) is 24.3 Å². The van der Waals surface area contributed by atoms with E-state index in [-0.39, 0.29) is 17.4 Å². The summed E-state index contributed by atoms with van der Waals surface area (Å²) < 4.78 is 17.0. The molecule has 5 heteroatoms. The van der Waals surface area contributed by atoms with Crippen molar-refractivity contribution in [3.63, 3.8) is 0 Å². The molecule has 2 aliphatic heterocycles. The fourth-order valence-electron chi connectivity index (χ4n) is 4.10. The number of likely N-dealkylation sites (tertiary alicyclic amines) is 1. The number of hydrogen-bond donors (Lipinski definition) is 0. The fourth-order valence-corrected chi connectivity index (χ4v) is 4.10. The summed E-state index contributed by atoms with van der Waals surface area (Å²) in [7, 11) is 1.63. The van der Waals surface area contributed by atoms with E-state index in [0.29, 0.717) is 0 Å². The van der Waals surface area contributed by atoms with Gasteiger partial charge in [0.1, 0.15) is 5.75 Å².